The molecule has 12 heteroatoms. The Hall–Kier alpha value is -3.07. The molecule has 0 aliphatic heterocycles. The average molecular weight is 710 g/mol. The van der Waals surface area contributed by atoms with E-state index in [2.05, 4.69) is 59.7 Å². The van der Waals surface area contributed by atoms with Crippen molar-refractivity contribution in [2.24, 2.45) is 0 Å². The molecule has 0 saturated heterocycles. The first-order valence-electron chi connectivity index (χ1n) is 17.6. The molecule has 1 heterocycles. The number of nitrogens with one attached hydrogen (secondary N) is 1. The van der Waals surface area contributed by atoms with Crippen molar-refractivity contribution in [2.75, 3.05) is 32.1 Å². The molecular weight excluding hydrogens is 658 g/mol. The number of aromatic nitrogens is 1. The number of pyridine rings is 1. The van der Waals surface area contributed by atoms with Gasteiger partial charge in [0, 0.05) is 54.6 Å². The highest BCUT2D eigenvalue weighted by atomic mass is 32.2. The smallest absolute Gasteiger partial charge is 0.254 e. The van der Waals surface area contributed by atoms with Crippen molar-refractivity contribution in [3.8, 4) is 16.9 Å². The zero-order valence-electron chi connectivity index (χ0n) is 28.7. The van der Waals surface area contributed by atoms with E-state index in [9.17, 15) is 30.3 Å². The van der Waals surface area contributed by atoms with E-state index < -0.39 is 36.9 Å². The average Bonchev–Trinajstić information content (AvgIpc) is 4.09. The van der Waals surface area contributed by atoms with Gasteiger partial charge in [-0.1, -0.05) is 24.3 Å². The number of amides is 1. The molecule has 2 aliphatic rings. The van der Waals surface area contributed by atoms with Crippen LogP contribution in [0, 0.1) is 6.92 Å². The molecule has 4 atom stereocenters. The number of unbranched alkanes of at least 4 members (excludes halogenated alkanes) is 1. The number of para-hydroxylation sites is 1. The number of carbonyl (C=O) groups is 1. The number of rotatable bonds is 21. The normalized spacial score (nSPS) is 17.5. The number of hydrogen-bond acceptors (Lipinski definition) is 11. The molecule has 0 spiro atoms. The molecule has 2 aliphatic carbocycles. The lowest BCUT2D eigenvalue weighted by Crippen LogP contribution is -2.53. The van der Waals surface area contributed by atoms with E-state index in [1.807, 2.05) is 18.5 Å². The molecule has 272 valence electrons. The predicted octanol–water partition coefficient (Wildman–Crippen LogP) is 2.90. The van der Waals surface area contributed by atoms with Gasteiger partial charge in [0.25, 0.3) is 5.91 Å². The molecule has 0 radical (unpaired) electrons. The lowest BCUT2D eigenvalue weighted by atomic mass is 9.94. The minimum Gasteiger partial charge on any atom is -0.490 e. The molecule has 50 heavy (non-hydrogen) atoms. The summed E-state index contributed by atoms with van der Waals surface area (Å²) in [6, 6.07) is 16.7. The first-order valence-corrected chi connectivity index (χ1v) is 18.6. The van der Waals surface area contributed by atoms with Crippen LogP contribution in [0.25, 0.3) is 11.1 Å². The van der Waals surface area contributed by atoms with Gasteiger partial charge < -0.3 is 45.6 Å². The van der Waals surface area contributed by atoms with Gasteiger partial charge in [-0.2, -0.15) is 0 Å². The fourth-order valence-corrected chi connectivity index (χ4v) is 6.97. The Morgan fingerprint density at radius 3 is 2.48 bits per heavy atom. The van der Waals surface area contributed by atoms with Gasteiger partial charge in [0.2, 0.25) is 0 Å². The van der Waals surface area contributed by atoms with E-state index in [1.54, 1.807) is 11.8 Å². The monoisotopic (exact) mass is 709 g/mol. The number of aliphatic hydroxyl groups excluding tert-OH is 6. The maximum atomic E-state index is 13.0. The van der Waals surface area contributed by atoms with E-state index in [0.717, 1.165) is 47.5 Å². The number of benzene rings is 2. The van der Waals surface area contributed by atoms with Gasteiger partial charge in [0.1, 0.15) is 24.1 Å². The summed E-state index contributed by atoms with van der Waals surface area (Å²) in [6.07, 6.45) is 2.43. The zero-order chi connectivity index (χ0) is 35.7. The topological polar surface area (TPSA) is 176 Å². The molecule has 2 saturated carbocycles. The molecule has 1 aromatic heterocycles. The van der Waals surface area contributed by atoms with Gasteiger partial charge in [0.15, 0.2) is 6.10 Å². The van der Waals surface area contributed by atoms with E-state index in [1.165, 1.54) is 21.6 Å². The summed E-state index contributed by atoms with van der Waals surface area (Å²) >= 11 is 1.67. The standard InChI is InChI=1S/C38H51N3O8S/c1-25-9-12-28(50-20-6-18-41(17-4-5-19-42)37(48)36(47)35(46)34(45)32(44)24-43)21-26(25)22-40-38(14-15-38)31-23-39-16-13-29(31)30-7-2-3-8-33(30)49-27-10-11-27/h2-3,7-9,12-13,16,21,23,27,32,34-36,40,42-47H,4-6,10-11,14-15,17-20,22,24H2,1H3/t32-,34+,35-,36-/m0/s1. The molecule has 3 aromatic rings. The first kappa shape index (κ1) is 38.2. The maximum absolute atomic E-state index is 13.0. The minimum absolute atomic E-state index is 0.0388. The van der Waals surface area contributed by atoms with Gasteiger partial charge in [-0.3, -0.25) is 9.78 Å². The van der Waals surface area contributed by atoms with E-state index in [0.29, 0.717) is 44.2 Å². The number of thioether (sulfide) groups is 1. The van der Waals surface area contributed by atoms with Crippen LogP contribution in [0.5, 0.6) is 5.75 Å². The second-order valence-corrected chi connectivity index (χ2v) is 14.6. The Bertz CT molecular complexity index is 1550. The third kappa shape index (κ3) is 9.83. The Balaban J connectivity index is 1.19. The van der Waals surface area contributed by atoms with Crippen LogP contribution >= 0.6 is 11.8 Å². The number of nitrogens with zero attached hydrogens (tertiary/aromatic N) is 2. The quantitative estimate of drug-likeness (QED) is 0.0640. The molecule has 2 aromatic carbocycles. The van der Waals surface area contributed by atoms with Crippen molar-refractivity contribution in [1.29, 1.82) is 0 Å². The van der Waals surface area contributed by atoms with Crippen molar-refractivity contribution in [1.82, 2.24) is 15.2 Å². The molecule has 11 nitrogen and oxygen atoms in total. The van der Waals surface area contributed by atoms with Crippen molar-refractivity contribution >= 4 is 17.7 Å². The van der Waals surface area contributed by atoms with Crippen LogP contribution in [-0.2, 0) is 16.9 Å². The van der Waals surface area contributed by atoms with Crippen molar-refractivity contribution in [3.63, 3.8) is 0 Å². The van der Waals surface area contributed by atoms with Crippen molar-refractivity contribution < 1.29 is 40.2 Å². The Kier molecular flexibility index (Phi) is 13.7. The molecule has 7 N–H and O–H groups in total. The summed E-state index contributed by atoms with van der Waals surface area (Å²) in [7, 11) is 0. The maximum Gasteiger partial charge on any atom is 0.254 e. The van der Waals surface area contributed by atoms with E-state index >= 15 is 0 Å². The Morgan fingerprint density at radius 1 is 1.00 bits per heavy atom. The number of aliphatic hydroxyl groups is 6. The lowest BCUT2D eigenvalue weighted by molar-refractivity contribution is -0.158. The Morgan fingerprint density at radius 2 is 1.76 bits per heavy atom. The summed E-state index contributed by atoms with van der Waals surface area (Å²) in [5, 5.41) is 62.5. The molecule has 0 unspecified atom stereocenters. The van der Waals surface area contributed by atoms with Gasteiger partial charge in [-0.15, -0.1) is 11.8 Å². The van der Waals surface area contributed by atoms with E-state index in [4.69, 9.17) is 9.84 Å². The molecule has 1 amide bonds. The highest BCUT2D eigenvalue weighted by molar-refractivity contribution is 7.99. The molecular formula is C38H51N3O8S. The Labute approximate surface area is 298 Å². The number of hydrogen-bond donors (Lipinski definition) is 7. The number of carbonyl (C=O) groups excluding carboxylic acids is 1. The fraction of sp³-hybridized carbons (Fsp3) is 0.526. The van der Waals surface area contributed by atoms with Gasteiger partial charge >= 0.3 is 0 Å². The zero-order valence-corrected chi connectivity index (χ0v) is 29.5. The predicted molar refractivity (Wildman–Crippen MR) is 192 cm³/mol. The van der Waals surface area contributed by atoms with Gasteiger partial charge in [-0.25, -0.2) is 0 Å². The van der Waals surface area contributed by atoms with E-state index in [-0.39, 0.29) is 18.7 Å². The highest BCUT2D eigenvalue weighted by Crippen LogP contribution is 2.50. The van der Waals surface area contributed by atoms with Gasteiger partial charge in [-0.05, 0) is 104 Å². The van der Waals surface area contributed by atoms with Crippen LogP contribution in [0.3, 0.4) is 0 Å². The summed E-state index contributed by atoms with van der Waals surface area (Å²) < 4.78 is 6.27. The van der Waals surface area contributed by atoms with Gasteiger partial charge in [0.05, 0.1) is 12.7 Å². The largest absolute Gasteiger partial charge is 0.490 e. The second kappa shape index (κ2) is 17.9. The third-order valence-electron chi connectivity index (χ3n) is 9.52. The van der Waals surface area contributed by atoms with Crippen LogP contribution in [0.4, 0.5) is 0 Å². The first-order chi connectivity index (χ1) is 24.2. The fourth-order valence-electron chi connectivity index (χ4n) is 6.07. The summed E-state index contributed by atoms with van der Waals surface area (Å²) in [4.78, 5) is 20.1. The minimum atomic E-state index is -1.97. The van der Waals surface area contributed by atoms with Crippen LogP contribution < -0.4 is 10.1 Å². The summed E-state index contributed by atoms with van der Waals surface area (Å²) in [5.74, 6) is 0.829. The third-order valence-corrected chi connectivity index (χ3v) is 10.6. The molecule has 5 rings (SSSR count). The van der Waals surface area contributed by atoms with Crippen LogP contribution in [0.15, 0.2) is 65.8 Å². The number of ether oxygens (including phenoxy) is 1. The summed E-state index contributed by atoms with van der Waals surface area (Å²) in [6.45, 7) is 2.49. The van der Waals surface area contributed by atoms with Crippen LogP contribution in [-0.4, -0.2) is 109 Å². The SMILES string of the molecule is Cc1ccc(SCCCN(CCCCO)C(=O)[C@@H](O)[C@@H](O)[C@H](O)[C@@H](O)CO)cc1CNC1(c2cnccc2-c2ccccc2OC2CC2)CC1. The lowest BCUT2D eigenvalue weighted by Gasteiger charge is -2.30. The molecule has 0 bridgehead atoms. The van der Waals surface area contributed by atoms with Crippen molar-refractivity contribution in [2.45, 2.75) is 99.4 Å². The molecule has 2 fully saturated rings. The summed E-state index contributed by atoms with van der Waals surface area (Å²) in [5.41, 5.74) is 5.65. The number of aryl methyl sites for hydroxylation is 1. The van der Waals surface area contributed by atoms with Crippen LogP contribution in [0.2, 0.25) is 0 Å². The highest BCUT2D eigenvalue weighted by Gasteiger charge is 2.46. The van der Waals surface area contributed by atoms with Crippen molar-refractivity contribution in [3.05, 3.63) is 77.6 Å². The second-order valence-electron chi connectivity index (χ2n) is 13.4. The van der Waals surface area contributed by atoms with Crippen LogP contribution in [0.1, 0.15) is 61.6 Å².